The maximum Gasteiger partial charge on any atom is 0.227 e. The first kappa shape index (κ1) is 17.6. The van der Waals surface area contributed by atoms with E-state index in [-0.39, 0.29) is 5.91 Å². The molecule has 1 fully saturated rings. The maximum absolute atomic E-state index is 12.4. The molecule has 126 valence electrons. The van der Waals surface area contributed by atoms with Crippen molar-refractivity contribution in [2.24, 2.45) is 0 Å². The van der Waals surface area contributed by atoms with E-state index >= 15 is 0 Å². The number of benzene rings is 1. The van der Waals surface area contributed by atoms with Crippen LogP contribution in [0.1, 0.15) is 11.1 Å². The Balaban J connectivity index is 1.50. The first-order chi connectivity index (χ1) is 11.6. The van der Waals surface area contributed by atoms with Gasteiger partial charge in [0, 0.05) is 54.1 Å². The number of carbonyl (C=O) groups excluding carboxylic acids is 1. The number of hydrogen-bond acceptors (Lipinski definition) is 3. The molecule has 1 aliphatic rings. The second-order valence-electron chi connectivity index (χ2n) is 5.94. The van der Waals surface area contributed by atoms with Gasteiger partial charge in [0.1, 0.15) is 0 Å². The summed E-state index contributed by atoms with van der Waals surface area (Å²) in [5.41, 5.74) is 2.30. The van der Waals surface area contributed by atoms with Crippen LogP contribution in [-0.2, 0) is 17.8 Å². The molecule has 0 atom stereocenters. The predicted molar refractivity (Wildman–Crippen MR) is 102 cm³/mol. The van der Waals surface area contributed by atoms with Gasteiger partial charge in [0.25, 0.3) is 0 Å². The number of halogens is 2. The lowest BCUT2D eigenvalue weighted by atomic mass is 10.1. The fourth-order valence-electron chi connectivity index (χ4n) is 2.84. The van der Waals surface area contributed by atoms with Crippen LogP contribution in [0.4, 0.5) is 0 Å². The number of piperazine rings is 1. The summed E-state index contributed by atoms with van der Waals surface area (Å²) in [6.07, 6.45) is 3.93. The van der Waals surface area contributed by atoms with E-state index in [4.69, 9.17) is 0 Å². The van der Waals surface area contributed by atoms with Gasteiger partial charge in [-0.05, 0) is 67.3 Å². The molecule has 2 heterocycles. The van der Waals surface area contributed by atoms with Crippen molar-refractivity contribution in [1.82, 2.24) is 14.8 Å². The highest BCUT2D eigenvalue weighted by Gasteiger charge is 2.21. The summed E-state index contributed by atoms with van der Waals surface area (Å²) in [5.74, 6) is 0.201. The number of nitrogens with zero attached hydrogens (tertiary/aromatic N) is 3. The molecule has 4 nitrogen and oxygen atoms in total. The van der Waals surface area contributed by atoms with Gasteiger partial charge in [-0.3, -0.25) is 14.7 Å². The van der Waals surface area contributed by atoms with Crippen LogP contribution in [0.3, 0.4) is 0 Å². The molecule has 2 aromatic rings. The van der Waals surface area contributed by atoms with Crippen molar-refractivity contribution >= 4 is 37.8 Å². The molecule has 0 N–H and O–H groups in total. The Labute approximate surface area is 159 Å². The number of carbonyl (C=O) groups is 1. The molecule has 0 radical (unpaired) electrons. The van der Waals surface area contributed by atoms with E-state index < -0.39 is 0 Å². The zero-order valence-corrected chi connectivity index (χ0v) is 16.5. The highest BCUT2D eigenvalue weighted by molar-refractivity contribution is 9.13. The summed E-state index contributed by atoms with van der Waals surface area (Å²) in [6, 6.07) is 10.1. The molecule has 3 rings (SSSR count). The van der Waals surface area contributed by atoms with E-state index in [0.717, 1.165) is 47.2 Å². The van der Waals surface area contributed by atoms with Gasteiger partial charge < -0.3 is 4.90 Å². The minimum absolute atomic E-state index is 0.201. The summed E-state index contributed by atoms with van der Waals surface area (Å²) in [7, 11) is 0. The van der Waals surface area contributed by atoms with Crippen LogP contribution in [0.5, 0.6) is 0 Å². The van der Waals surface area contributed by atoms with Crippen molar-refractivity contribution in [3.63, 3.8) is 0 Å². The topological polar surface area (TPSA) is 36.4 Å². The molecule has 1 aromatic heterocycles. The normalized spacial score (nSPS) is 15.5. The summed E-state index contributed by atoms with van der Waals surface area (Å²) < 4.78 is 2.14. The Hall–Kier alpha value is -1.24. The van der Waals surface area contributed by atoms with E-state index in [1.165, 1.54) is 5.56 Å². The van der Waals surface area contributed by atoms with Crippen LogP contribution >= 0.6 is 31.9 Å². The molecule has 0 bridgehead atoms. The SMILES string of the molecule is O=C(Cc1ccncc1)N1CCN(Cc2ccc(Br)c(Br)c2)CC1. The van der Waals surface area contributed by atoms with E-state index in [1.807, 2.05) is 17.0 Å². The smallest absolute Gasteiger partial charge is 0.227 e. The summed E-state index contributed by atoms with van der Waals surface area (Å²) in [5, 5.41) is 0. The highest BCUT2D eigenvalue weighted by atomic mass is 79.9. The van der Waals surface area contributed by atoms with E-state index in [0.29, 0.717) is 6.42 Å². The molecule has 1 aromatic carbocycles. The van der Waals surface area contributed by atoms with Crippen molar-refractivity contribution < 1.29 is 4.79 Å². The number of pyridine rings is 1. The molecule has 0 aliphatic carbocycles. The van der Waals surface area contributed by atoms with Crippen LogP contribution in [0, 0.1) is 0 Å². The quantitative estimate of drug-likeness (QED) is 0.712. The number of rotatable bonds is 4. The summed E-state index contributed by atoms with van der Waals surface area (Å²) >= 11 is 7.05. The molecule has 6 heteroatoms. The Morgan fingerprint density at radius 2 is 1.67 bits per heavy atom. The van der Waals surface area contributed by atoms with Crippen molar-refractivity contribution in [2.45, 2.75) is 13.0 Å². The van der Waals surface area contributed by atoms with Crippen LogP contribution < -0.4 is 0 Å². The predicted octanol–water partition coefficient (Wildman–Crippen LogP) is 3.49. The van der Waals surface area contributed by atoms with E-state index in [2.05, 4.69) is 59.9 Å². The molecule has 24 heavy (non-hydrogen) atoms. The second kappa shape index (κ2) is 8.23. The second-order valence-corrected chi connectivity index (χ2v) is 7.65. The minimum Gasteiger partial charge on any atom is -0.340 e. The van der Waals surface area contributed by atoms with Gasteiger partial charge >= 0.3 is 0 Å². The third kappa shape index (κ3) is 4.65. The van der Waals surface area contributed by atoms with Crippen molar-refractivity contribution in [3.05, 3.63) is 62.8 Å². The lowest BCUT2D eigenvalue weighted by molar-refractivity contribution is -0.132. The fraction of sp³-hybridized carbons (Fsp3) is 0.333. The average molecular weight is 453 g/mol. The van der Waals surface area contributed by atoms with Gasteiger partial charge in [0.05, 0.1) is 6.42 Å². The summed E-state index contributed by atoms with van der Waals surface area (Å²) in [6.45, 7) is 4.33. The van der Waals surface area contributed by atoms with Gasteiger partial charge in [-0.25, -0.2) is 0 Å². The lowest BCUT2D eigenvalue weighted by Gasteiger charge is -2.35. The van der Waals surface area contributed by atoms with Gasteiger partial charge in [-0.2, -0.15) is 0 Å². The Morgan fingerprint density at radius 3 is 2.33 bits per heavy atom. The Kier molecular flexibility index (Phi) is 6.03. The molecular weight excluding hydrogens is 434 g/mol. The van der Waals surface area contributed by atoms with Gasteiger partial charge in [0.15, 0.2) is 0 Å². The van der Waals surface area contributed by atoms with Crippen LogP contribution in [0.15, 0.2) is 51.7 Å². The molecule has 0 saturated carbocycles. The zero-order chi connectivity index (χ0) is 16.9. The number of hydrogen-bond donors (Lipinski definition) is 0. The molecule has 0 spiro atoms. The lowest BCUT2D eigenvalue weighted by Crippen LogP contribution is -2.48. The zero-order valence-electron chi connectivity index (χ0n) is 13.3. The summed E-state index contributed by atoms with van der Waals surface area (Å²) in [4.78, 5) is 20.7. The molecule has 1 saturated heterocycles. The van der Waals surface area contributed by atoms with Crippen LogP contribution in [-0.4, -0.2) is 46.9 Å². The maximum atomic E-state index is 12.4. The largest absolute Gasteiger partial charge is 0.340 e. The average Bonchev–Trinajstić information content (AvgIpc) is 2.60. The molecule has 0 unspecified atom stereocenters. The van der Waals surface area contributed by atoms with Crippen LogP contribution in [0.2, 0.25) is 0 Å². The number of amides is 1. The van der Waals surface area contributed by atoms with Crippen molar-refractivity contribution in [3.8, 4) is 0 Å². The molecule has 1 amide bonds. The monoisotopic (exact) mass is 451 g/mol. The van der Waals surface area contributed by atoms with Crippen LogP contribution in [0.25, 0.3) is 0 Å². The first-order valence-electron chi connectivity index (χ1n) is 7.95. The molecular formula is C18H19Br2N3O. The third-order valence-corrected chi connectivity index (χ3v) is 6.10. The number of aromatic nitrogens is 1. The minimum atomic E-state index is 0.201. The first-order valence-corrected chi connectivity index (χ1v) is 9.53. The Morgan fingerprint density at radius 1 is 0.958 bits per heavy atom. The fourth-order valence-corrected chi connectivity index (χ4v) is 3.51. The van der Waals surface area contributed by atoms with Crippen molar-refractivity contribution in [1.29, 1.82) is 0 Å². The van der Waals surface area contributed by atoms with Gasteiger partial charge in [-0.1, -0.05) is 6.07 Å². The van der Waals surface area contributed by atoms with E-state index in [1.54, 1.807) is 12.4 Å². The highest BCUT2D eigenvalue weighted by Crippen LogP contribution is 2.24. The Bertz CT molecular complexity index is 701. The van der Waals surface area contributed by atoms with Gasteiger partial charge in [0.2, 0.25) is 5.91 Å². The standard InChI is InChI=1S/C18H19Br2N3O/c19-16-2-1-15(11-17(16)20)13-22-7-9-23(10-8-22)18(24)12-14-3-5-21-6-4-14/h1-6,11H,7-10,12-13H2. The van der Waals surface area contributed by atoms with Gasteiger partial charge in [-0.15, -0.1) is 0 Å². The van der Waals surface area contributed by atoms with E-state index in [9.17, 15) is 4.79 Å². The molecule has 1 aliphatic heterocycles. The third-order valence-electron chi connectivity index (χ3n) is 4.22. The van der Waals surface area contributed by atoms with Crippen molar-refractivity contribution in [2.75, 3.05) is 26.2 Å².